The van der Waals surface area contributed by atoms with E-state index in [-0.39, 0.29) is 34.6 Å². The molecule has 1 aliphatic carbocycles. The summed E-state index contributed by atoms with van der Waals surface area (Å²) in [5.41, 5.74) is 1.95. The van der Waals surface area contributed by atoms with Crippen LogP contribution in [0.5, 0.6) is 0 Å². The highest BCUT2D eigenvalue weighted by molar-refractivity contribution is 7.92. The predicted molar refractivity (Wildman–Crippen MR) is 166 cm³/mol. The van der Waals surface area contributed by atoms with Crippen LogP contribution in [0, 0.1) is 11.2 Å². The number of likely N-dealkylation sites (tertiary alicyclic amines) is 1. The molecule has 0 atom stereocenters. The van der Waals surface area contributed by atoms with E-state index in [0.717, 1.165) is 44.1 Å². The lowest BCUT2D eigenvalue weighted by Gasteiger charge is -2.46. The fourth-order valence-electron chi connectivity index (χ4n) is 6.27. The first-order valence-corrected chi connectivity index (χ1v) is 16.8. The van der Waals surface area contributed by atoms with Gasteiger partial charge in [-0.1, -0.05) is 19.1 Å². The van der Waals surface area contributed by atoms with E-state index >= 15 is 4.39 Å². The van der Waals surface area contributed by atoms with Crippen molar-refractivity contribution in [3.8, 4) is 22.4 Å². The third kappa shape index (κ3) is 7.20. The summed E-state index contributed by atoms with van der Waals surface area (Å²) in [6.45, 7) is 8.83. The summed E-state index contributed by atoms with van der Waals surface area (Å²) in [6.07, 6.45) is 11.3. The van der Waals surface area contributed by atoms with Crippen LogP contribution in [0.4, 0.5) is 14.9 Å². The van der Waals surface area contributed by atoms with Crippen LogP contribution in [-0.2, 0) is 14.8 Å². The minimum atomic E-state index is -3.66. The fourth-order valence-corrected chi connectivity index (χ4v) is 7.41. The maximum atomic E-state index is 15.9. The van der Waals surface area contributed by atoms with Gasteiger partial charge in [0.25, 0.3) is 0 Å². The van der Waals surface area contributed by atoms with Crippen molar-refractivity contribution < 1.29 is 22.3 Å². The molecule has 0 bridgehead atoms. The van der Waals surface area contributed by atoms with Gasteiger partial charge in [-0.2, -0.15) is 5.10 Å². The Hall–Kier alpha value is -3.47. The standard InChI is InChI=1S/C32H42FN5O4S/c1-5-21-43(40,41)36-27-8-6-7-25(28(27)33)26-22-38(35-29(26)23-11-17-34-18-12-23)24-9-13-32(14-10-24)15-19-37(20-16-32)30(39)42-31(2,3)4/h6-8,11-12,17-18,22,24,36H,5,9-10,13-16,19-21H2,1-4H3. The average Bonchev–Trinajstić information content (AvgIpc) is 3.39. The summed E-state index contributed by atoms with van der Waals surface area (Å²) in [6, 6.07) is 8.60. The molecule has 232 valence electrons. The molecule has 1 saturated heterocycles. The van der Waals surface area contributed by atoms with Crippen molar-refractivity contribution >= 4 is 21.8 Å². The van der Waals surface area contributed by atoms with Gasteiger partial charge in [0.2, 0.25) is 10.0 Å². The molecule has 2 fully saturated rings. The van der Waals surface area contributed by atoms with Crippen LogP contribution < -0.4 is 4.72 Å². The number of anilines is 1. The number of nitrogens with one attached hydrogen (secondary N) is 1. The quantitative estimate of drug-likeness (QED) is 0.307. The highest BCUT2D eigenvalue weighted by Crippen LogP contribution is 2.48. The van der Waals surface area contributed by atoms with Crippen molar-refractivity contribution in [3.05, 3.63) is 54.7 Å². The van der Waals surface area contributed by atoms with E-state index in [9.17, 15) is 13.2 Å². The Balaban J connectivity index is 1.36. The number of aromatic nitrogens is 3. The van der Waals surface area contributed by atoms with Crippen molar-refractivity contribution in [2.24, 2.45) is 5.41 Å². The van der Waals surface area contributed by atoms with Crippen LogP contribution in [0.25, 0.3) is 22.4 Å². The number of halogens is 1. The summed E-state index contributed by atoms with van der Waals surface area (Å²) in [7, 11) is -3.66. The molecule has 43 heavy (non-hydrogen) atoms. The lowest BCUT2D eigenvalue weighted by atomic mass is 9.67. The first-order valence-electron chi connectivity index (χ1n) is 15.2. The molecule has 11 heteroatoms. The molecule has 1 spiro atoms. The van der Waals surface area contributed by atoms with E-state index < -0.39 is 21.4 Å². The number of amides is 1. The molecular weight excluding hydrogens is 569 g/mol. The van der Waals surface area contributed by atoms with Gasteiger partial charge in [0.05, 0.1) is 17.5 Å². The number of hydrogen-bond acceptors (Lipinski definition) is 6. The van der Waals surface area contributed by atoms with Crippen LogP contribution in [0.3, 0.4) is 0 Å². The topological polar surface area (TPSA) is 106 Å². The van der Waals surface area contributed by atoms with E-state index in [0.29, 0.717) is 30.8 Å². The number of nitrogens with zero attached hydrogens (tertiary/aromatic N) is 4. The normalized spacial score (nSPS) is 17.7. The van der Waals surface area contributed by atoms with Crippen LogP contribution in [0.15, 0.2) is 48.9 Å². The maximum absolute atomic E-state index is 15.9. The third-order valence-corrected chi connectivity index (χ3v) is 10.1. The Morgan fingerprint density at radius 3 is 2.37 bits per heavy atom. The largest absolute Gasteiger partial charge is 0.444 e. The molecule has 5 rings (SSSR count). The molecule has 2 aliphatic rings. The second-order valence-corrected chi connectivity index (χ2v) is 14.7. The Bertz CT molecular complexity index is 1530. The van der Waals surface area contributed by atoms with Gasteiger partial charge in [0.15, 0.2) is 5.82 Å². The second kappa shape index (κ2) is 12.3. The summed E-state index contributed by atoms with van der Waals surface area (Å²) < 4.78 is 50.6. The lowest BCUT2D eigenvalue weighted by molar-refractivity contribution is 0.00156. The minimum Gasteiger partial charge on any atom is -0.444 e. The Morgan fingerprint density at radius 1 is 1.07 bits per heavy atom. The molecule has 3 heterocycles. The molecule has 1 saturated carbocycles. The van der Waals surface area contributed by atoms with Gasteiger partial charge in [-0.3, -0.25) is 14.4 Å². The maximum Gasteiger partial charge on any atom is 0.410 e. The predicted octanol–water partition coefficient (Wildman–Crippen LogP) is 7.04. The Kier molecular flexibility index (Phi) is 8.83. The molecule has 1 amide bonds. The van der Waals surface area contributed by atoms with Crippen LogP contribution >= 0.6 is 0 Å². The molecule has 1 aliphatic heterocycles. The molecule has 1 N–H and O–H groups in total. The van der Waals surface area contributed by atoms with Crippen molar-refractivity contribution in [3.63, 3.8) is 0 Å². The molecule has 2 aromatic heterocycles. The third-order valence-electron chi connectivity index (χ3n) is 8.58. The minimum absolute atomic E-state index is 0.0725. The van der Waals surface area contributed by atoms with Gasteiger partial charge in [0, 0.05) is 48.4 Å². The number of carbonyl (C=O) groups is 1. The summed E-state index contributed by atoms with van der Waals surface area (Å²) in [4.78, 5) is 18.5. The number of rotatable bonds is 7. The van der Waals surface area contributed by atoms with E-state index in [2.05, 4.69) is 9.71 Å². The molecule has 9 nitrogen and oxygen atoms in total. The van der Waals surface area contributed by atoms with E-state index in [4.69, 9.17) is 9.84 Å². The SMILES string of the molecule is CCCS(=O)(=O)Nc1cccc(-c2cn(C3CCC4(CC3)CCN(C(=O)OC(C)(C)C)CC4)nc2-c2ccncc2)c1F. The van der Waals surface area contributed by atoms with Gasteiger partial charge in [0.1, 0.15) is 11.3 Å². The number of carbonyl (C=O) groups excluding carboxylic acids is 1. The van der Waals surface area contributed by atoms with Gasteiger partial charge in [-0.05, 0) is 89.3 Å². The van der Waals surface area contributed by atoms with Gasteiger partial charge >= 0.3 is 6.09 Å². The van der Waals surface area contributed by atoms with Gasteiger partial charge in [-0.25, -0.2) is 17.6 Å². The summed E-state index contributed by atoms with van der Waals surface area (Å²) in [5, 5.41) is 4.97. The fraction of sp³-hybridized carbons (Fsp3) is 0.531. The highest BCUT2D eigenvalue weighted by Gasteiger charge is 2.40. The number of sulfonamides is 1. The Morgan fingerprint density at radius 2 is 1.74 bits per heavy atom. The first kappa shape index (κ1) is 31.0. The highest BCUT2D eigenvalue weighted by atomic mass is 32.2. The molecular formula is C32H42FN5O4S. The van der Waals surface area contributed by atoms with E-state index in [1.54, 1.807) is 31.5 Å². The van der Waals surface area contributed by atoms with Gasteiger partial charge in [-0.15, -0.1) is 0 Å². The summed E-state index contributed by atoms with van der Waals surface area (Å²) in [5.74, 6) is -0.713. The second-order valence-electron chi connectivity index (χ2n) is 12.9. The Labute approximate surface area is 253 Å². The number of benzene rings is 1. The van der Waals surface area contributed by atoms with E-state index in [1.165, 1.54) is 6.07 Å². The number of hydrogen-bond donors (Lipinski definition) is 1. The van der Waals surface area contributed by atoms with Crippen LogP contribution in [-0.4, -0.2) is 58.6 Å². The van der Waals surface area contributed by atoms with Crippen molar-refractivity contribution in [1.29, 1.82) is 0 Å². The van der Waals surface area contributed by atoms with Crippen molar-refractivity contribution in [2.75, 3.05) is 23.6 Å². The smallest absolute Gasteiger partial charge is 0.410 e. The average molecular weight is 612 g/mol. The zero-order valence-electron chi connectivity index (χ0n) is 25.5. The molecule has 3 aromatic rings. The first-order chi connectivity index (χ1) is 20.4. The van der Waals surface area contributed by atoms with Crippen molar-refractivity contribution in [2.45, 2.75) is 84.3 Å². The molecule has 0 radical (unpaired) electrons. The van der Waals surface area contributed by atoms with Gasteiger partial charge < -0.3 is 9.64 Å². The zero-order chi connectivity index (χ0) is 30.8. The van der Waals surface area contributed by atoms with Crippen molar-refractivity contribution in [1.82, 2.24) is 19.7 Å². The van der Waals surface area contributed by atoms with Crippen LogP contribution in [0.1, 0.15) is 78.7 Å². The number of ether oxygens (including phenoxy) is 1. The monoisotopic (exact) mass is 611 g/mol. The summed E-state index contributed by atoms with van der Waals surface area (Å²) >= 11 is 0. The number of piperidine rings is 1. The molecule has 0 unspecified atom stereocenters. The number of pyridine rings is 1. The lowest BCUT2D eigenvalue weighted by Crippen LogP contribution is -2.46. The molecule has 1 aromatic carbocycles. The van der Waals surface area contributed by atoms with E-state index in [1.807, 2.05) is 48.7 Å². The van der Waals surface area contributed by atoms with Crippen LogP contribution in [0.2, 0.25) is 0 Å². The zero-order valence-corrected chi connectivity index (χ0v) is 26.3.